The van der Waals surface area contributed by atoms with Crippen molar-refractivity contribution < 1.29 is 13.5 Å². The number of benzene rings is 2. The smallest absolute Gasteiger partial charge is 0.186 e. The fraction of sp³-hybridized carbons (Fsp3) is 0. The zero-order valence-corrected chi connectivity index (χ0v) is 10.2. The van der Waals surface area contributed by atoms with Crippen LogP contribution in [0.25, 0.3) is 0 Å². The molecular weight excluding hydrogens is 260 g/mol. The van der Waals surface area contributed by atoms with Crippen LogP contribution < -0.4 is 4.74 Å². The maximum absolute atomic E-state index is 10.9. The molecule has 0 aliphatic carbocycles. The Morgan fingerprint density at radius 1 is 1.06 bits per heavy atom. The lowest BCUT2D eigenvalue weighted by Gasteiger charge is -2.06. The highest BCUT2D eigenvalue weighted by Gasteiger charge is 2.02. The van der Waals surface area contributed by atoms with E-state index in [0.29, 0.717) is 21.4 Å². The van der Waals surface area contributed by atoms with Gasteiger partial charge in [-0.15, -0.1) is 0 Å². The Hall–Kier alpha value is -1.36. The first kappa shape index (κ1) is 12.1. The summed E-state index contributed by atoms with van der Waals surface area (Å²) in [6.45, 7) is 0. The van der Waals surface area contributed by atoms with Crippen molar-refractivity contribution >= 4 is 22.7 Å². The first-order valence-electron chi connectivity index (χ1n) is 4.79. The standard InChI is InChI=1S/C12H9ClO3S/c13-9-4-6-10(7-5-9)16-11-2-1-3-12(8-11)17(14)15/h1-8H,(H,14,15). The van der Waals surface area contributed by atoms with Gasteiger partial charge in [0.2, 0.25) is 0 Å². The van der Waals surface area contributed by atoms with Gasteiger partial charge in [0.05, 0.1) is 4.90 Å². The van der Waals surface area contributed by atoms with Crippen LogP contribution in [-0.2, 0) is 11.1 Å². The Morgan fingerprint density at radius 2 is 1.76 bits per heavy atom. The minimum absolute atomic E-state index is 0.302. The Balaban J connectivity index is 2.21. The van der Waals surface area contributed by atoms with E-state index in [-0.39, 0.29) is 0 Å². The summed E-state index contributed by atoms with van der Waals surface area (Å²) >= 11 is 3.75. The largest absolute Gasteiger partial charge is 0.457 e. The van der Waals surface area contributed by atoms with E-state index in [1.165, 1.54) is 6.07 Å². The topological polar surface area (TPSA) is 46.5 Å². The van der Waals surface area contributed by atoms with Crippen molar-refractivity contribution in [2.45, 2.75) is 4.90 Å². The Kier molecular flexibility index (Phi) is 3.78. The highest BCUT2D eigenvalue weighted by molar-refractivity contribution is 7.79. The summed E-state index contributed by atoms with van der Waals surface area (Å²) in [7, 11) is 0. The molecule has 0 saturated carbocycles. The van der Waals surface area contributed by atoms with E-state index in [9.17, 15) is 4.21 Å². The second-order valence-corrected chi connectivity index (χ2v) is 4.69. The maximum atomic E-state index is 10.9. The van der Waals surface area contributed by atoms with Crippen molar-refractivity contribution in [1.82, 2.24) is 0 Å². The lowest BCUT2D eigenvalue weighted by molar-refractivity contribution is 0.480. The van der Waals surface area contributed by atoms with Crippen LogP contribution in [-0.4, -0.2) is 8.76 Å². The fourth-order valence-corrected chi connectivity index (χ4v) is 1.82. The zero-order chi connectivity index (χ0) is 12.3. The molecule has 5 heteroatoms. The van der Waals surface area contributed by atoms with Gasteiger partial charge in [0.25, 0.3) is 0 Å². The molecule has 0 saturated heterocycles. The lowest BCUT2D eigenvalue weighted by Crippen LogP contribution is -1.89. The zero-order valence-electron chi connectivity index (χ0n) is 8.67. The van der Waals surface area contributed by atoms with E-state index >= 15 is 0 Å². The average Bonchev–Trinajstić information content (AvgIpc) is 2.32. The number of halogens is 1. The van der Waals surface area contributed by atoms with Gasteiger partial charge in [0, 0.05) is 5.02 Å². The Morgan fingerprint density at radius 3 is 2.41 bits per heavy atom. The normalized spacial score (nSPS) is 12.1. The van der Waals surface area contributed by atoms with Gasteiger partial charge >= 0.3 is 0 Å². The minimum Gasteiger partial charge on any atom is -0.457 e. The van der Waals surface area contributed by atoms with Crippen LogP contribution in [0.3, 0.4) is 0 Å². The first-order chi connectivity index (χ1) is 8.15. The predicted molar refractivity (Wildman–Crippen MR) is 67.0 cm³/mol. The van der Waals surface area contributed by atoms with Crippen LogP contribution in [0, 0.1) is 0 Å². The quantitative estimate of drug-likeness (QED) is 0.863. The molecule has 0 spiro atoms. The molecule has 2 rings (SSSR count). The molecule has 0 radical (unpaired) electrons. The van der Waals surface area contributed by atoms with Crippen LogP contribution in [0.4, 0.5) is 0 Å². The third kappa shape index (κ3) is 3.30. The van der Waals surface area contributed by atoms with E-state index in [4.69, 9.17) is 20.9 Å². The van der Waals surface area contributed by atoms with Gasteiger partial charge in [-0.3, -0.25) is 0 Å². The monoisotopic (exact) mass is 268 g/mol. The van der Waals surface area contributed by atoms with Crippen molar-refractivity contribution in [2.24, 2.45) is 0 Å². The van der Waals surface area contributed by atoms with Gasteiger partial charge in [-0.05, 0) is 42.5 Å². The van der Waals surface area contributed by atoms with Gasteiger partial charge < -0.3 is 9.29 Å². The average molecular weight is 269 g/mol. The van der Waals surface area contributed by atoms with Crippen LogP contribution in [0.5, 0.6) is 11.5 Å². The van der Waals surface area contributed by atoms with Crippen molar-refractivity contribution in [1.29, 1.82) is 0 Å². The number of hydrogen-bond acceptors (Lipinski definition) is 2. The SMILES string of the molecule is O=S(O)c1cccc(Oc2ccc(Cl)cc2)c1. The van der Waals surface area contributed by atoms with Gasteiger partial charge in [-0.2, -0.15) is 0 Å². The van der Waals surface area contributed by atoms with E-state index in [0.717, 1.165) is 0 Å². The van der Waals surface area contributed by atoms with Gasteiger partial charge in [-0.1, -0.05) is 17.7 Å². The van der Waals surface area contributed by atoms with E-state index in [1.54, 1.807) is 42.5 Å². The summed E-state index contributed by atoms with van der Waals surface area (Å²) < 4.78 is 25.4. The summed E-state index contributed by atoms with van der Waals surface area (Å²) in [6, 6.07) is 13.3. The van der Waals surface area contributed by atoms with Crippen molar-refractivity contribution in [2.75, 3.05) is 0 Å². The molecule has 0 amide bonds. The molecule has 1 atom stereocenters. The molecule has 3 nitrogen and oxygen atoms in total. The van der Waals surface area contributed by atoms with E-state index < -0.39 is 11.1 Å². The van der Waals surface area contributed by atoms with Crippen molar-refractivity contribution in [3.05, 3.63) is 53.6 Å². The van der Waals surface area contributed by atoms with Crippen LogP contribution in [0.15, 0.2) is 53.4 Å². The van der Waals surface area contributed by atoms with E-state index in [1.807, 2.05) is 0 Å². The second-order valence-electron chi connectivity index (χ2n) is 3.28. The molecular formula is C12H9ClO3S. The van der Waals surface area contributed by atoms with E-state index in [2.05, 4.69) is 0 Å². The molecule has 1 unspecified atom stereocenters. The summed E-state index contributed by atoms with van der Waals surface area (Å²) in [4.78, 5) is 0.302. The molecule has 0 heterocycles. The number of hydrogen-bond donors (Lipinski definition) is 1. The van der Waals surface area contributed by atoms with Crippen molar-refractivity contribution in [3.8, 4) is 11.5 Å². The Bertz CT molecular complexity index is 540. The summed E-state index contributed by atoms with van der Waals surface area (Å²) in [5.41, 5.74) is 0. The molecule has 2 aromatic rings. The molecule has 1 N–H and O–H groups in total. The molecule has 88 valence electrons. The third-order valence-electron chi connectivity index (χ3n) is 2.06. The molecule has 0 aromatic heterocycles. The second kappa shape index (κ2) is 5.31. The first-order valence-corrected chi connectivity index (χ1v) is 6.28. The van der Waals surface area contributed by atoms with Crippen LogP contribution in [0.2, 0.25) is 5.02 Å². The van der Waals surface area contributed by atoms with Crippen LogP contribution in [0.1, 0.15) is 0 Å². The maximum Gasteiger partial charge on any atom is 0.186 e. The number of ether oxygens (including phenoxy) is 1. The molecule has 2 aromatic carbocycles. The lowest BCUT2D eigenvalue weighted by atomic mass is 10.3. The highest BCUT2D eigenvalue weighted by Crippen LogP contribution is 2.24. The minimum atomic E-state index is -2.00. The van der Waals surface area contributed by atoms with Crippen LogP contribution >= 0.6 is 11.6 Å². The van der Waals surface area contributed by atoms with Gasteiger partial charge in [-0.25, -0.2) is 4.21 Å². The molecule has 0 bridgehead atoms. The number of rotatable bonds is 3. The van der Waals surface area contributed by atoms with Crippen molar-refractivity contribution in [3.63, 3.8) is 0 Å². The summed E-state index contributed by atoms with van der Waals surface area (Å²) in [5, 5.41) is 0.627. The van der Waals surface area contributed by atoms with Gasteiger partial charge in [0.1, 0.15) is 11.5 Å². The molecule has 0 aliphatic rings. The molecule has 0 fully saturated rings. The fourth-order valence-electron chi connectivity index (χ4n) is 1.29. The van der Waals surface area contributed by atoms with Gasteiger partial charge in [0.15, 0.2) is 11.1 Å². The summed E-state index contributed by atoms with van der Waals surface area (Å²) in [6.07, 6.45) is 0. The third-order valence-corrected chi connectivity index (χ3v) is 2.97. The highest BCUT2D eigenvalue weighted by atomic mass is 35.5. The Labute approximate surface area is 106 Å². The molecule has 17 heavy (non-hydrogen) atoms. The summed E-state index contributed by atoms with van der Waals surface area (Å²) in [5.74, 6) is 1.13. The predicted octanol–water partition coefficient (Wildman–Crippen LogP) is 3.71. The molecule has 0 aliphatic heterocycles.